The van der Waals surface area contributed by atoms with E-state index in [1.165, 1.54) is 13.0 Å². The smallest absolute Gasteiger partial charge is 0.225 e. The van der Waals surface area contributed by atoms with Gasteiger partial charge in [0.2, 0.25) is 5.91 Å². The molecule has 1 saturated heterocycles. The van der Waals surface area contributed by atoms with Crippen LogP contribution in [0.2, 0.25) is 0 Å². The third-order valence-electron chi connectivity index (χ3n) is 3.76. The van der Waals surface area contributed by atoms with Crippen molar-refractivity contribution in [2.24, 2.45) is 11.8 Å². The summed E-state index contributed by atoms with van der Waals surface area (Å²) in [7, 11) is 0. The molecule has 1 saturated carbocycles. The molecular weight excluding hydrogens is 200 g/mol. The second-order valence-corrected chi connectivity index (χ2v) is 5.65. The van der Waals surface area contributed by atoms with Crippen LogP contribution in [0.25, 0.3) is 0 Å². The van der Waals surface area contributed by atoms with Crippen molar-refractivity contribution >= 4 is 5.91 Å². The number of hydrogen-bond acceptors (Lipinski definition) is 2. The van der Waals surface area contributed by atoms with Gasteiger partial charge in [-0.05, 0) is 18.8 Å². The summed E-state index contributed by atoms with van der Waals surface area (Å²) in [6.45, 7) is 9.71. The monoisotopic (exact) mass is 224 g/mol. The number of piperazine rings is 1. The molecular formula is C13H24N2O. The fourth-order valence-corrected chi connectivity index (χ4v) is 2.58. The Kier molecular flexibility index (Phi) is 3.85. The van der Waals surface area contributed by atoms with Gasteiger partial charge in [0.05, 0.1) is 0 Å². The predicted octanol–water partition coefficient (Wildman–Crippen LogP) is 1.59. The summed E-state index contributed by atoms with van der Waals surface area (Å²) in [6.07, 6.45) is 3.51. The summed E-state index contributed by atoms with van der Waals surface area (Å²) < 4.78 is 0. The van der Waals surface area contributed by atoms with Crippen LogP contribution < -0.4 is 0 Å². The van der Waals surface area contributed by atoms with E-state index in [2.05, 4.69) is 23.6 Å². The van der Waals surface area contributed by atoms with E-state index in [0.29, 0.717) is 11.8 Å². The van der Waals surface area contributed by atoms with Crippen molar-refractivity contribution in [1.29, 1.82) is 0 Å². The Bertz CT molecular complexity index is 240. The van der Waals surface area contributed by atoms with E-state index in [-0.39, 0.29) is 0 Å². The van der Waals surface area contributed by atoms with E-state index in [1.807, 2.05) is 0 Å². The molecule has 0 atom stereocenters. The third-order valence-corrected chi connectivity index (χ3v) is 3.76. The first-order valence-electron chi connectivity index (χ1n) is 6.68. The van der Waals surface area contributed by atoms with Crippen molar-refractivity contribution in [3.63, 3.8) is 0 Å². The molecule has 3 heteroatoms. The fraction of sp³-hybridized carbons (Fsp3) is 0.923. The molecule has 2 aliphatic rings. The minimum absolute atomic E-state index is 0.372. The standard InChI is InChI=1S/C13H24N2O/c1-11(2)10-14-6-8-15(9-7-14)13(16)12-4-3-5-12/h11-12H,3-10H2,1-2H3. The van der Waals surface area contributed by atoms with Gasteiger partial charge in [0.1, 0.15) is 0 Å². The first-order valence-corrected chi connectivity index (χ1v) is 6.68. The molecule has 0 aromatic heterocycles. The molecule has 0 aromatic carbocycles. The molecule has 0 bridgehead atoms. The van der Waals surface area contributed by atoms with Crippen molar-refractivity contribution in [2.75, 3.05) is 32.7 Å². The van der Waals surface area contributed by atoms with Crippen LogP contribution >= 0.6 is 0 Å². The first-order chi connectivity index (χ1) is 7.66. The van der Waals surface area contributed by atoms with Crippen LogP contribution in [0.15, 0.2) is 0 Å². The summed E-state index contributed by atoms with van der Waals surface area (Å²) in [4.78, 5) is 16.6. The van der Waals surface area contributed by atoms with Gasteiger partial charge in [0, 0.05) is 38.6 Å². The fourth-order valence-electron chi connectivity index (χ4n) is 2.58. The molecule has 3 nitrogen and oxygen atoms in total. The molecule has 0 spiro atoms. The van der Waals surface area contributed by atoms with Gasteiger partial charge in [0.15, 0.2) is 0 Å². The third kappa shape index (κ3) is 2.76. The number of rotatable bonds is 3. The van der Waals surface area contributed by atoms with Crippen molar-refractivity contribution in [2.45, 2.75) is 33.1 Å². The molecule has 2 fully saturated rings. The van der Waals surface area contributed by atoms with Crippen LogP contribution in [-0.2, 0) is 4.79 Å². The first kappa shape index (κ1) is 11.9. The van der Waals surface area contributed by atoms with Crippen LogP contribution in [0.1, 0.15) is 33.1 Å². The zero-order chi connectivity index (χ0) is 11.5. The van der Waals surface area contributed by atoms with E-state index >= 15 is 0 Å². The highest BCUT2D eigenvalue weighted by Gasteiger charge is 2.31. The summed E-state index contributed by atoms with van der Waals surface area (Å²) in [5, 5.41) is 0. The van der Waals surface area contributed by atoms with E-state index in [0.717, 1.165) is 44.9 Å². The number of carbonyl (C=O) groups excluding carboxylic acids is 1. The lowest BCUT2D eigenvalue weighted by Gasteiger charge is -2.38. The molecule has 2 rings (SSSR count). The molecule has 1 amide bonds. The molecule has 92 valence electrons. The molecule has 0 aromatic rings. The summed E-state index contributed by atoms with van der Waals surface area (Å²) in [5.41, 5.74) is 0. The lowest BCUT2D eigenvalue weighted by atomic mass is 9.84. The number of carbonyl (C=O) groups is 1. The Hall–Kier alpha value is -0.570. The van der Waals surface area contributed by atoms with Crippen molar-refractivity contribution in [1.82, 2.24) is 9.80 Å². The average Bonchev–Trinajstić information content (AvgIpc) is 2.15. The molecule has 16 heavy (non-hydrogen) atoms. The van der Waals surface area contributed by atoms with Gasteiger partial charge in [-0.1, -0.05) is 20.3 Å². The Morgan fingerprint density at radius 1 is 1.19 bits per heavy atom. The Morgan fingerprint density at radius 2 is 1.81 bits per heavy atom. The molecule has 0 radical (unpaired) electrons. The highest BCUT2D eigenvalue weighted by atomic mass is 16.2. The van der Waals surface area contributed by atoms with Crippen LogP contribution in [0.5, 0.6) is 0 Å². The topological polar surface area (TPSA) is 23.6 Å². The molecule has 1 aliphatic heterocycles. The van der Waals surface area contributed by atoms with Crippen molar-refractivity contribution in [3.8, 4) is 0 Å². The summed E-state index contributed by atoms with van der Waals surface area (Å²) in [6, 6.07) is 0. The molecule has 1 heterocycles. The lowest BCUT2D eigenvalue weighted by molar-refractivity contribution is -0.140. The number of nitrogens with zero attached hydrogens (tertiary/aromatic N) is 2. The largest absolute Gasteiger partial charge is 0.340 e. The summed E-state index contributed by atoms with van der Waals surface area (Å²) in [5.74, 6) is 1.53. The van der Waals surface area contributed by atoms with E-state index in [1.54, 1.807) is 0 Å². The van der Waals surface area contributed by atoms with Gasteiger partial charge >= 0.3 is 0 Å². The van der Waals surface area contributed by atoms with Gasteiger partial charge in [-0.3, -0.25) is 9.69 Å². The van der Waals surface area contributed by atoms with Gasteiger partial charge < -0.3 is 4.90 Å². The maximum absolute atomic E-state index is 12.0. The highest BCUT2D eigenvalue weighted by Crippen LogP contribution is 2.28. The maximum atomic E-state index is 12.0. The zero-order valence-electron chi connectivity index (χ0n) is 10.6. The second-order valence-electron chi connectivity index (χ2n) is 5.65. The van der Waals surface area contributed by atoms with Gasteiger partial charge in [-0.25, -0.2) is 0 Å². The quantitative estimate of drug-likeness (QED) is 0.727. The van der Waals surface area contributed by atoms with E-state index < -0.39 is 0 Å². The lowest BCUT2D eigenvalue weighted by Crippen LogP contribution is -2.51. The number of amides is 1. The maximum Gasteiger partial charge on any atom is 0.225 e. The highest BCUT2D eigenvalue weighted by molar-refractivity contribution is 5.79. The second kappa shape index (κ2) is 5.17. The Morgan fingerprint density at radius 3 is 2.25 bits per heavy atom. The van der Waals surface area contributed by atoms with Crippen molar-refractivity contribution in [3.05, 3.63) is 0 Å². The van der Waals surface area contributed by atoms with Crippen LogP contribution in [0.3, 0.4) is 0 Å². The van der Waals surface area contributed by atoms with E-state index in [9.17, 15) is 4.79 Å². The Labute approximate surface area is 98.8 Å². The van der Waals surface area contributed by atoms with Gasteiger partial charge in [-0.15, -0.1) is 0 Å². The van der Waals surface area contributed by atoms with Crippen LogP contribution in [0, 0.1) is 11.8 Å². The van der Waals surface area contributed by atoms with Crippen molar-refractivity contribution < 1.29 is 4.79 Å². The summed E-state index contributed by atoms with van der Waals surface area (Å²) >= 11 is 0. The van der Waals surface area contributed by atoms with Gasteiger partial charge in [0.25, 0.3) is 0 Å². The van der Waals surface area contributed by atoms with E-state index in [4.69, 9.17) is 0 Å². The molecule has 1 aliphatic carbocycles. The SMILES string of the molecule is CC(C)CN1CCN(C(=O)C2CCC2)CC1. The number of hydrogen-bond donors (Lipinski definition) is 0. The molecule has 0 N–H and O–H groups in total. The average molecular weight is 224 g/mol. The van der Waals surface area contributed by atoms with Crippen LogP contribution in [0.4, 0.5) is 0 Å². The Balaban J connectivity index is 1.74. The van der Waals surface area contributed by atoms with Gasteiger partial charge in [-0.2, -0.15) is 0 Å². The minimum Gasteiger partial charge on any atom is -0.340 e. The minimum atomic E-state index is 0.372. The normalized spacial score (nSPS) is 23.6. The molecule has 0 unspecified atom stereocenters. The van der Waals surface area contributed by atoms with Crippen LogP contribution in [-0.4, -0.2) is 48.4 Å². The predicted molar refractivity (Wildman–Crippen MR) is 65.2 cm³/mol. The zero-order valence-corrected chi connectivity index (χ0v) is 10.6.